The molecule has 0 spiro atoms. The molecule has 0 aromatic heterocycles. The number of carbonyl (C=O) groups is 1. The Bertz CT molecular complexity index is 443. The molecular weight excluding hydrogens is 252 g/mol. The summed E-state index contributed by atoms with van der Waals surface area (Å²) in [6.45, 7) is 7.22. The summed E-state index contributed by atoms with van der Waals surface area (Å²) >= 11 is 5.98. The zero-order chi connectivity index (χ0) is 13.1. The van der Waals surface area contributed by atoms with Gasteiger partial charge in [0.15, 0.2) is 0 Å². The van der Waals surface area contributed by atoms with Gasteiger partial charge in [0, 0.05) is 31.9 Å². The van der Waals surface area contributed by atoms with Crippen molar-refractivity contribution in [3.63, 3.8) is 0 Å². The second-order valence-corrected chi connectivity index (χ2v) is 4.80. The third-order valence-corrected chi connectivity index (χ3v) is 3.68. The van der Waals surface area contributed by atoms with Crippen LogP contribution in [0.25, 0.3) is 0 Å². The van der Waals surface area contributed by atoms with Crippen LogP contribution in [0.15, 0.2) is 18.2 Å². The third kappa shape index (κ3) is 2.76. The van der Waals surface area contributed by atoms with Crippen molar-refractivity contribution >= 4 is 23.3 Å². The van der Waals surface area contributed by atoms with Gasteiger partial charge in [-0.2, -0.15) is 0 Å². The Kier molecular flexibility index (Phi) is 4.09. The fraction of sp³-hybridized carbons (Fsp3) is 0.462. The zero-order valence-electron chi connectivity index (χ0n) is 10.4. The predicted molar refractivity (Wildman–Crippen MR) is 72.7 cm³/mol. The van der Waals surface area contributed by atoms with Crippen LogP contribution in [0.2, 0.25) is 5.02 Å². The molecule has 98 valence electrons. The number of carboxylic acid groups (broad SMARTS) is 1. The van der Waals surface area contributed by atoms with Crippen LogP contribution in [0, 0.1) is 0 Å². The number of nitrogens with zero attached hydrogens (tertiary/aromatic N) is 2. The van der Waals surface area contributed by atoms with E-state index < -0.39 is 5.97 Å². The molecule has 5 heteroatoms. The maximum Gasteiger partial charge on any atom is 0.337 e. The number of aromatic carboxylic acids is 1. The topological polar surface area (TPSA) is 43.8 Å². The Balaban J connectivity index is 2.11. The van der Waals surface area contributed by atoms with Crippen LogP contribution in [0.1, 0.15) is 17.3 Å². The molecule has 1 heterocycles. The zero-order valence-corrected chi connectivity index (χ0v) is 11.2. The van der Waals surface area contributed by atoms with Gasteiger partial charge in [0.25, 0.3) is 0 Å². The first-order valence-corrected chi connectivity index (χ1v) is 6.49. The van der Waals surface area contributed by atoms with Crippen molar-refractivity contribution in [1.29, 1.82) is 0 Å². The van der Waals surface area contributed by atoms with Gasteiger partial charge in [0.05, 0.1) is 10.6 Å². The van der Waals surface area contributed by atoms with Gasteiger partial charge in [-0.05, 0) is 24.7 Å². The molecule has 0 saturated carbocycles. The van der Waals surface area contributed by atoms with E-state index in [9.17, 15) is 4.79 Å². The molecule has 1 aliphatic heterocycles. The number of rotatable bonds is 3. The van der Waals surface area contributed by atoms with Crippen molar-refractivity contribution in [1.82, 2.24) is 4.90 Å². The van der Waals surface area contributed by atoms with E-state index in [2.05, 4.69) is 16.7 Å². The van der Waals surface area contributed by atoms with Gasteiger partial charge < -0.3 is 14.9 Å². The summed E-state index contributed by atoms with van der Waals surface area (Å²) in [6.07, 6.45) is 0. The lowest BCUT2D eigenvalue weighted by Crippen LogP contribution is -2.46. The Morgan fingerprint density at radius 1 is 1.33 bits per heavy atom. The Morgan fingerprint density at radius 2 is 2.00 bits per heavy atom. The molecule has 0 radical (unpaired) electrons. The Labute approximate surface area is 112 Å². The molecule has 1 aromatic carbocycles. The number of halogens is 1. The minimum Gasteiger partial charge on any atom is -0.478 e. The lowest BCUT2D eigenvalue weighted by atomic mass is 10.2. The van der Waals surface area contributed by atoms with Crippen LogP contribution in [-0.2, 0) is 0 Å². The molecule has 1 saturated heterocycles. The van der Waals surface area contributed by atoms with Gasteiger partial charge in [-0.15, -0.1) is 0 Å². The Hall–Kier alpha value is -1.26. The smallest absolute Gasteiger partial charge is 0.337 e. The molecule has 1 fully saturated rings. The number of hydrogen-bond donors (Lipinski definition) is 1. The molecule has 18 heavy (non-hydrogen) atoms. The number of hydrogen-bond acceptors (Lipinski definition) is 3. The second-order valence-electron chi connectivity index (χ2n) is 4.39. The van der Waals surface area contributed by atoms with Crippen molar-refractivity contribution in [2.45, 2.75) is 6.92 Å². The van der Waals surface area contributed by atoms with E-state index in [1.54, 1.807) is 12.1 Å². The van der Waals surface area contributed by atoms with Crippen LogP contribution in [0.4, 0.5) is 5.69 Å². The average Bonchev–Trinajstić information content (AvgIpc) is 2.38. The van der Waals surface area contributed by atoms with Crippen LogP contribution in [-0.4, -0.2) is 48.7 Å². The van der Waals surface area contributed by atoms with Crippen molar-refractivity contribution in [3.05, 3.63) is 28.8 Å². The van der Waals surface area contributed by atoms with Crippen molar-refractivity contribution in [2.75, 3.05) is 37.6 Å². The minimum atomic E-state index is -0.984. The first-order chi connectivity index (χ1) is 8.61. The fourth-order valence-electron chi connectivity index (χ4n) is 2.20. The van der Waals surface area contributed by atoms with Gasteiger partial charge in [-0.25, -0.2) is 4.79 Å². The summed E-state index contributed by atoms with van der Waals surface area (Å²) in [4.78, 5) is 15.5. The summed E-state index contributed by atoms with van der Waals surface area (Å²) < 4.78 is 0. The lowest BCUT2D eigenvalue weighted by Gasteiger charge is -2.35. The molecule has 0 aliphatic carbocycles. The molecule has 0 amide bonds. The van der Waals surface area contributed by atoms with Gasteiger partial charge in [0.2, 0.25) is 0 Å². The minimum absolute atomic E-state index is 0.160. The molecule has 1 aromatic rings. The highest BCUT2D eigenvalue weighted by molar-refractivity contribution is 6.33. The highest BCUT2D eigenvalue weighted by atomic mass is 35.5. The predicted octanol–water partition coefficient (Wildman–Crippen LogP) is 2.18. The van der Waals surface area contributed by atoms with Crippen molar-refractivity contribution < 1.29 is 9.90 Å². The molecular formula is C13H17ClN2O2. The molecule has 0 atom stereocenters. The number of anilines is 1. The summed E-state index contributed by atoms with van der Waals surface area (Å²) in [6, 6.07) is 5.15. The summed E-state index contributed by atoms with van der Waals surface area (Å²) in [5, 5.41) is 9.23. The first kappa shape index (κ1) is 13.2. The third-order valence-electron chi connectivity index (χ3n) is 3.37. The Morgan fingerprint density at radius 3 is 2.50 bits per heavy atom. The first-order valence-electron chi connectivity index (χ1n) is 6.12. The van der Waals surface area contributed by atoms with Crippen molar-refractivity contribution in [2.24, 2.45) is 0 Å². The highest BCUT2D eigenvalue weighted by Crippen LogP contribution is 2.24. The molecule has 1 aliphatic rings. The monoisotopic (exact) mass is 268 g/mol. The summed E-state index contributed by atoms with van der Waals surface area (Å²) in [5.41, 5.74) is 1.16. The van der Waals surface area contributed by atoms with Crippen LogP contribution in [0.5, 0.6) is 0 Å². The summed E-state index contributed by atoms with van der Waals surface area (Å²) in [7, 11) is 0. The van der Waals surface area contributed by atoms with E-state index in [4.69, 9.17) is 16.7 Å². The van der Waals surface area contributed by atoms with E-state index in [1.807, 2.05) is 6.07 Å². The maximum atomic E-state index is 10.9. The van der Waals surface area contributed by atoms with E-state index in [-0.39, 0.29) is 5.56 Å². The van der Waals surface area contributed by atoms with Crippen LogP contribution >= 0.6 is 11.6 Å². The van der Waals surface area contributed by atoms with Crippen molar-refractivity contribution in [3.8, 4) is 0 Å². The quantitative estimate of drug-likeness (QED) is 0.913. The second kappa shape index (κ2) is 5.59. The largest absolute Gasteiger partial charge is 0.478 e. The number of piperazine rings is 1. The van der Waals surface area contributed by atoms with E-state index in [1.165, 1.54) is 0 Å². The van der Waals surface area contributed by atoms with Gasteiger partial charge in [-0.1, -0.05) is 18.5 Å². The molecule has 2 rings (SSSR count). The highest BCUT2D eigenvalue weighted by Gasteiger charge is 2.17. The van der Waals surface area contributed by atoms with E-state index in [0.29, 0.717) is 5.02 Å². The molecule has 4 nitrogen and oxygen atoms in total. The molecule has 0 unspecified atom stereocenters. The molecule has 1 N–H and O–H groups in total. The van der Waals surface area contributed by atoms with E-state index >= 15 is 0 Å². The number of benzene rings is 1. The SMILES string of the molecule is CCN1CCN(c2ccc(C(=O)O)c(Cl)c2)CC1. The maximum absolute atomic E-state index is 10.9. The normalized spacial score (nSPS) is 16.9. The van der Waals surface area contributed by atoms with Crippen LogP contribution < -0.4 is 4.90 Å². The lowest BCUT2D eigenvalue weighted by molar-refractivity contribution is 0.0697. The van der Waals surface area contributed by atoms with Gasteiger partial charge in [-0.3, -0.25) is 0 Å². The number of likely N-dealkylation sites (N-methyl/N-ethyl adjacent to an activating group) is 1. The average molecular weight is 269 g/mol. The van der Waals surface area contributed by atoms with Gasteiger partial charge in [0.1, 0.15) is 0 Å². The molecule has 0 bridgehead atoms. The van der Waals surface area contributed by atoms with Crippen LogP contribution in [0.3, 0.4) is 0 Å². The standard InChI is InChI=1S/C13H17ClN2O2/c1-2-15-5-7-16(8-6-15)10-3-4-11(13(17)18)12(14)9-10/h3-4,9H,2,5-8H2,1H3,(H,17,18). The van der Waals surface area contributed by atoms with E-state index in [0.717, 1.165) is 38.4 Å². The van der Waals surface area contributed by atoms with Gasteiger partial charge >= 0.3 is 5.97 Å². The number of carboxylic acids is 1. The fourth-order valence-corrected chi connectivity index (χ4v) is 2.45. The summed E-state index contributed by atoms with van der Waals surface area (Å²) in [5.74, 6) is -0.984.